The molecule has 2 unspecified atom stereocenters. The van der Waals surface area contributed by atoms with Crippen LogP contribution in [0.2, 0.25) is 0 Å². The quantitative estimate of drug-likeness (QED) is 0.626. The Bertz CT molecular complexity index is 118. The summed E-state index contributed by atoms with van der Waals surface area (Å²) >= 11 is 0. The Kier molecular flexibility index (Phi) is 8.26. The first kappa shape index (κ1) is 14.0. The maximum absolute atomic E-state index is 3.49. The zero-order chi connectivity index (χ0) is 11.0. The van der Waals surface area contributed by atoms with Crippen LogP contribution in [0.1, 0.15) is 60.3 Å². The first-order valence-electron chi connectivity index (χ1n) is 6.37. The fourth-order valence-corrected chi connectivity index (χ4v) is 2.32. The van der Waals surface area contributed by atoms with E-state index in [9.17, 15) is 0 Å². The highest BCUT2D eigenvalue weighted by Crippen LogP contribution is 2.21. The van der Waals surface area contributed by atoms with Crippen molar-refractivity contribution in [1.82, 2.24) is 5.32 Å². The number of rotatable bonds is 8. The van der Waals surface area contributed by atoms with E-state index in [1.165, 1.54) is 25.7 Å². The molecule has 14 heavy (non-hydrogen) atoms. The minimum atomic E-state index is 0.685. The lowest BCUT2D eigenvalue weighted by Gasteiger charge is -2.21. The molecule has 0 aromatic heterocycles. The van der Waals surface area contributed by atoms with Crippen LogP contribution in [-0.2, 0) is 0 Å². The van der Waals surface area contributed by atoms with Crippen molar-refractivity contribution in [2.24, 2.45) is 11.8 Å². The molecule has 0 heterocycles. The van der Waals surface area contributed by atoms with E-state index in [2.05, 4.69) is 39.9 Å². The van der Waals surface area contributed by atoms with Crippen LogP contribution in [0.4, 0.5) is 0 Å². The maximum Gasteiger partial charge on any atom is 0.00411 e. The molecule has 86 valence electrons. The minimum absolute atomic E-state index is 0.685. The third-order valence-electron chi connectivity index (χ3n) is 3.20. The van der Waals surface area contributed by atoms with Gasteiger partial charge in [-0.15, -0.1) is 0 Å². The molecule has 0 aromatic rings. The van der Waals surface area contributed by atoms with Gasteiger partial charge in [-0.1, -0.05) is 40.5 Å². The predicted octanol–water partition coefficient (Wildman–Crippen LogP) is 3.84. The monoisotopic (exact) mass is 199 g/mol. The summed E-state index contributed by atoms with van der Waals surface area (Å²) in [4.78, 5) is 0. The summed E-state index contributed by atoms with van der Waals surface area (Å²) in [5, 5.41) is 3.49. The second-order valence-electron chi connectivity index (χ2n) is 4.72. The normalized spacial score (nSPS) is 15.9. The molecule has 0 radical (unpaired) electrons. The molecular formula is C13H29N. The molecule has 0 fully saturated rings. The fourth-order valence-electron chi connectivity index (χ4n) is 2.32. The highest BCUT2D eigenvalue weighted by Gasteiger charge is 2.12. The molecule has 1 N–H and O–H groups in total. The molecule has 0 bridgehead atoms. The largest absolute Gasteiger partial charge is 0.315 e. The van der Waals surface area contributed by atoms with Crippen molar-refractivity contribution < 1.29 is 0 Å². The molecule has 0 saturated heterocycles. The van der Waals surface area contributed by atoms with Crippen molar-refractivity contribution >= 4 is 0 Å². The van der Waals surface area contributed by atoms with Crippen LogP contribution < -0.4 is 5.32 Å². The van der Waals surface area contributed by atoms with Crippen LogP contribution >= 0.6 is 0 Å². The smallest absolute Gasteiger partial charge is 0.00411 e. The van der Waals surface area contributed by atoms with Crippen molar-refractivity contribution in [3.63, 3.8) is 0 Å². The van der Waals surface area contributed by atoms with E-state index >= 15 is 0 Å². The number of hydrogen-bond donors (Lipinski definition) is 1. The molecule has 0 aromatic carbocycles. The van der Waals surface area contributed by atoms with E-state index in [0.717, 1.165) is 18.4 Å². The molecule has 0 spiro atoms. The third kappa shape index (κ3) is 6.42. The van der Waals surface area contributed by atoms with Crippen LogP contribution in [0.5, 0.6) is 0 Å². The van der Waals surface area contributed by atoms with E-state index in [-0.39, 0.29) is 0 Å². The molecule has 0 aliphatic heterocycles. The van der Waals surface area contributed by atoms with E-state index in [0.29, 0.717) is 6.04 Å². The van der Waals surface area contributed by atoms with Crippen molar-refractivity contribution in [1.29, 1.82) is 0 Å². The van der Waals surface area contributed by atoms with Crippen LogP contribution in [0.3, 0.4) is 0 Å². The first-order valence-corrected chi connectivity index (χ1v) is 6.37. The van der Waals surface area contributed by atoms with Gasteiger partial charge >= 0.3 is 0 Å². The molecule has 0 aliphatic carbocycles. The number of nitrogens with one attached hydrogen (secondary N) is 1. The molecule has 0 rings (SSSR count). The standard InChI is InChI=1S/C13H29N/c1-6-13(7-2)10-11(4)9-12(5)14-8-3/h11-14H,6-10H2,1-5H3. The van der Waals surface area contributed by atoms with Crippen LogP contribution in [0.15, 0.2) is 0 Å². The summed E-state index contributed by atoms with van der Waals surface area (Å²) in [6.45, 7) is 12.6. The molecule has 2 atom stereocenters. The lowest BCUT2D eigenvalue weighted by Crippen LogP contribution is -2.27. The van der Waals surface area contributed by atoms with Gasteiger partial charge in [-0.3, -0.25) is 0 Å². The Morgan fingerprint density at radius 3 is 1.93 bits per heavy atom. The summed E-state index contributed by atoms with van der Waals surface area (Å²) in [7, 11) is 0. The maximum atomic E-state index is 3.49. The van der Waals surface area contributed by atoms with Gasteiger partial charge in [-0.05, 0) is 38.1 Å². The van der Waals surface area contributed by atoms with Crippen molar-refractivity contribution in [3.8, 4) is 0 Å². The fraction of sp³-hybridized carbons (Fsp3) is 1.00. The van der Waals surface area contributed by atoms with E-state index in [1.54, 1.807) is 0 Å². The molecule has 0 saturated carbocycles. The van der Waals surface area contributed by atoms with Gasteiger partial charge in [0, 0.05) is 6.04 Å². The summed E-state index contributed by atoms with van der Waals surface area (Å²) < 4.78 is 0. The third-order valence-corrected chi connectivity index (χ3v) is 3.20. The Morgan fingerprint density at radius 1 is 0.929 bits per heavy atom. The highest BCUT2D eigenvalue weighted by molar-refractivity contribution is 4.67. The Balaban J connectivity index is 3.67. The van der Waals surface area contributed by atoms with Crippen LogP contribution in [0, 0.1) is 11.8 Å². The molecule has 0 amide bonds. The van der Waals surface area contributed by atoms with Gasteiger partial charge < -0.3 is 5.32 Å². The van der Waals surface area contributed by atoms with Gasteiger partial charge in [0.25, 0.3) is 0 Å². The van der Waals surface area contributed by atoms with E-state index < -0.39 is 0 Å². The van der Waals surface area contributed by atoms with Crippen LogP contribution in [0.25, 0.3) is 0 Å². The summed E-state index contributed by atoms with van der Waals surface area (Å²) in [5.41, 5.74) is 0. The van der Waals surface area contributed by atoms with E-state index in [4.69, 9.17) is 0 Å². The molecule has 1 nitrogen and oxygen atoms in total. The second-order valence-corrected chi connectivity index (χ2v) is 4.72. The van der Waals surface area contributed by atoms with Crippen LogP contribution in [-0.4, -0.2) is 12.6 Å². The zero-order valence-corrected chi connectivity index (χ0v) is 10.8. The van der Waals surface area contributed by atoms with Gasteiger partial charge in [0.15, 0.2) is 0 Å². The summed E-state index contributed by atoms with van der Waals surface area (Å²) in [6.07, 6.45) is 5.42. The Labute approximate surface area is 90.7 Å². The molecule has 0 aliphatic rings. The van der Waals surface area contributed by atoms with Crippen molar-refractivity contribution in [2.45, 2.75) is 66.3 Å². The average molecular weight is 199 g/mol. The lowest BCUT2D eigenvalue weighted by molar-refractivity contribution is 0.329. The van der Waals surface area contributed by atoms with Gasteiger partial charge in [0.1, 0.15) is 0 Å². The zero-order valence-electron chi connectivity index (χ0n) is 10.8. The SMILES string of the molecule is CCNC(C)CC(C)CC(CC)CC. The van der Waals surface area contributed by atoms with Gasteiger partial charge in [-0.25, -0.2) is 0 Å². The molecular weight excluding hydrogens is 170 g/mol. The average Bonchev–Trinajstić information content (AvgIpc) is 2.14. The number of hydrogen-bond acceptors (Lipinski definition) is 1. The van der Waals surface area contributed by atoms with Gasteiger partial charge in [-0.2, -0.15) is 0 Å². The van der Waals surface area contributed by atoms with Crippen molar-refractivity contribution in [2.75, 3.05) is 6.54 Å². The van der Waals surface area contributed by atoms with Gasteiger partial charge in [0.2, 0.25) is 0 Å². The predicted molar refractivity (Wildman–Crippen MR) is 65.6 cm³/mol. The molecule has 1 heteroatoms. The minimum Gasteiger partial charge on any atom is -0.315 e. The first-order chi connectivity index (χ1) is 6.63. The lowest BCUT2D eigenvalue weighted by atomic mass is 9.88. The highest BCUT2D eigenvalue weighted by atomic mass is 14.9. The van der Waals surface area contributed by atoms with E-state index in [1.807, 2.05) is 0 Å². The Morgan fingerprint density at radius 2 is 1.50 bits per heavy atom. The summed E-state index contributed by atoms with van der Waals surface area (Å²) in [6, 6.07) is 0.685. The summed E-state index contributed by atoms with van der Waals surface area (Å²) in [5.74, 6) is 1.81. The second kappa shape index (κ2) is 8.28. The topological polar surface area (TPSA) is 12.0 Å². The Hall–Kier alpha value is -0.0400. The van der Waals surface area contributed by atoms with Gasteiger partial charge in [0.05, 0.1) is 0 Å². The van der Waals surface area contributed by atoms with Crippen molar-refractivity contribution in [3.05, 3.63) is 0 Å².